The maximum absolute atomic E-state index is 12.6. The normalized spacial score (nSPS) is 15.0. The van der Waals surface area contributed by atoms with Crippen molar-refractivity contribution >= 4 is 27.5 Å². The molecule has 3 nitrogen and oxygen atoms in total. The minimum absolute atomic E-state index is 0.0000813. The summed E-state index contributed by atoms with van der Waals surface area (Å²) in [5.74, 6) is -0.0000813. The molecule has 0 radical (unpaired) electrons. The molecular formula is C17H13BrN2O. The van der Waals surface area contributed by atoms with Gasteiger partial charge in [-0.25, -0.2) is 0 Å². The molecule has 0 atom stereocenters. The van der Waals surface area contributed by atoms with Crippen LogP contribution in [0.4, 0.5) is 5.69 Å². The monoisotopic (exact) mass is 340 g/mol. The molecule has 2 aromatic rings. The van der Waals surface area contributed by atoms with E-state index in [2.05, 4.69) is 27.3 Å². The first-order valence-corrected chi connectivity index (χ1v) is 7.51. The molecule has 4 heteroatoms. The summed E-state index contributed by atoms with van der Waals surface area (Å²) in [5, 5.41) is 11.8. The minimum Gasteiger partial charge on any atom is -0.325 e. The first kappa shape index (κ1) is 13.8. The Labute approximate surface area is 131 Å². The first-order valence-electron chi connectivity index (χ1n) is 6.72. The van der Waals surface area contributed by atoms with Crippen molar-refractivity contribution in [3.8, 4) is 6.07 Å². The Morgan fingerprint density at radius 2 is 1.90 bits per heavy atom. The van der Waals surface area contributed by atoms with Crippen LogP contribution in [0.15, 0.2) is 53.0 Å². The summed E-state index contributed by atoms with van der Waals surface area (Å²) in [6.07, 6.45) is 1.72. The number of carbonyl (C=O) groups excluding carboxylic acids is 1. The van der Waals surface area contributed by atoms with E-state index in [0.29, 0.717) is 11.3 Å². The van der Waals surface area contributed by atoms with Crippen molar-refractivity contribution in [2.45, 2.75) is 18.3 Å². The SMILES string of the molecule is N#Cc1cccc(NC(=O)C2(c3ccc(Br)cc3)CC2)c1. The number of nitrogens with one attached hydrogen (secondary N) is 1. The fourth-order valence-electron chi connectivity index (χ4n) is 2.46. The standard InChI is InChI=1S/C17H13BrN2O/c18-14-6-4-13(5-7-14)17(8-9-17)16(21)20-15-3-1-2-12(10-15)11-19/h1-7,10H,8-9H2,(H,20,21). The molecule has 1 N–H and O–H groups in total. The number of halogens is 1. The third-order valence-corrected chi connectivity index (χ3v) is 4.36. The van der Waals surface area contributed by atoms with Crippen molar-refractivity contribution in [1.29, 1.82) is 5.26 Å². The van der Waals surface area contributed by atoms with E-state index in [4.69, 9.17) is 5.26 Å². The number of benzene rings is 2. The molecule has 1 saturated carbocycles. The van der Waals surface area contributed by atoms with Gasteiger partial charge in [-0.1, -0.05) is 34.1 Å². The Kier molecular flexibility index (Phi) is 3.52. The van der Waals surface area contributed by atoms with Crippen molar-refractivity contribution in [2.24, 2.45) is 0 Å². The molecule has 1 fully saturated rings. The number of anilines is 1. The van der Waals surface area contributed by atoms with E-state index in [1.807, 2.05) is 24.3 Å². The highest BCUT2D eigenvalue weighted by molar-refractivity contribution is 9.10. The van der Waals surface area contributed by atoms with Gasteiger partial charge >= 0.3 is 0 Å². The summed E-state index contributed by atoms with van der Waals surface area (Å²) in [7, 11) is 0. The number of carbonyl (C=O) groups is 1. The van der Waals surface area contributed by atoms with Gasteiger partial charge in [0.25, 0.3) is 0 Å². The van der Waals surface area contributed by atoms with E-state index in [9.17, 15) is 4.79 Å². The highest BCUT2D eigenvalue weighted by Crippen LogP contribution is 2.49. The van der Waals surface area contributed by atoms with E-state index < -0.39 is 5.41 Å². The number of nitriles is 1. The van der Waals surface area contributed by atoms with Crippen LogP contribution in [0.2, 0.25) is 0 Å². The van der Waals surface area contributed by atoms with Crippen LogP contribution < -0.4 is 5.32 Å². The third-order valence-electron chi connectivity index (χ3n) is 3.83. The van der Waals surface area contributed by atoms with Crippen molar-refractivity contribution in [1.82, 2.24) is 0 Å². The Balaban J connectivity index is 1.82. The zero-order valence-electron chi connectivity index (χ0n) is 11.3. The predicted molar refractivity (Wildman–Crippen MR) is 84.8 cm³/mol. The molecule has 21 heavy (non-hydrogen) atoms. The largest absolute Gasteiger partial charge is 0.325 e. The van der Waals surface area contributed by atoms with E-state index >= 15 is 0 Å². The van der Waals surface area contributed by atoms with E-state index in [1.54, 1.807) is 24.3 Å². The van der Waals surface area contributed by atoms with Gasteiger partial charge in [0.15, 0.2) is 0 Å². The molecule has 104 valence electrons. The first-order chi connectivity index (χ1) is 10.1. The van der Waals surface area contributed by atoms with E-state index in [1.165, 1.54) is 0 Å². The molecule has 0 heterocycles. The number of hydrogen-bond acceptors (Lipinski definition) is 2. The van der Waals surface area contributed by atoms with Crippen LogP contribution in [-0.2, 0) is 10.2 Å². The Bertz CT molecular complexity index is 727. The Hall–Kier alpha value is -2.12. The van der Waals surface area contributed by atoms with Crippen LogP contribution in [0.25, 0.3) is 0 Å². The second-order valence-electron chi connectivity index (χ2n) is 5.24. The molecule has 1 aliphatic rings. The average Bonchev–Trinajstić information content (AvgIpc) is 3.30. The lowest BCUT2D eigenvalue weighted by Crippen LogP contribution is -2.27. The zero-order chi connectivity index (χ0) is 14.9. The summed E-state index contributed by atoms with van der Waals surface area (Å²) in [5.41, 5.74) is 1.84. The predicted octanol–water partition coefficient (Wildman–Crippen LogP) is 3.99. The molecule has 0 aromatic heterocycles. The van der Waals surface area contributed by atoms with Crippen molar-refractivity contribution in [3.63, 3.8) is 0 Å². The van der Waals surface area contributed by atoms with Gasteiger partial charge in [0, 0.05) is 10.2 Å². The lowest BCUT2D eigenvalue weighted by molar-refractivity contribution is -0.118. The molecule has 0 saturated heterocycles. The van der Waals surface area contributed by atoms with Crippen LogP contribution >= 0.6 is 15.9 Å². The van der Waals surface area contributed by atoms with Gasteiger partial charge in [0.1, 0.15) is 0 Å². The minimum atomic E-state index is -0.413. The van der Waals surface area contributed by atoms with Gasteiger partial charge in [-0.15, -0.1) is 0 Å². The second-order valence-corrected chi connectivity index (χ2v) is 6.15. The number of hydrogen-bond donors (Lipinski definition) is 1. The molecule has 1 aliphatic carbocycles. The van der Waals surface area contributed by atoms with Crippen LogP contribution in [-0.4, -0.2) is 5.91 Å². The highest BCUT2D eigenvalue weighted by Gasteiger charge is 2.51. The fourth-order valence-corrected chi connectivity index (χ4v) is 2.72. The number of amides is 1. The zero-order valence-corrected chi connectivity index (χ0v) is 12.9. The summed E-state index contributed by atoms with van der Waals surface area (Å²) in [6.45, 7) is 0. The van der Waals surface area contributed by atoms with Crippen LogP contribution in [0.3, 0.4) is 0 Å². The third kappa shape index (κ3) is 2.70. The molecule has 1 amide bonds. The molecule has 0 spiro atoms. The van der Waals surface area contributed by atoms with Crippen LogP contribution in [0.5, 0.6) is 0 Å². The molecule has 2 aromatic carbocycles. The summed E-state index contributed by atoms with van der Waals surface area (Å²) < 4.78 is 1.00. The second kappa shape index (κ2) is 5.34. The van der Waals surface area contributed by atoms with Gasteiger partial charge in [-0.3, -0.25) is 4.79 Å². The van der Waals surface area contributed by atoms with Crippen LogP contribution in [0, 0.1) is 11.3 Å². The lowest BCUT2D eigenvalue weighted by atomic mass is 9.95. The smallest absolute Gasteiger partial charge is 0.235 e. The lowest BCUT2D eigenvalue weighted by Gasteiger charge is -2.16. The maximum Gasteiger partial charge on any atom is 0.235 e. The van der Waals surface area contributed by atoms with Gasteiger partial charge in [-0.05, 0) is 48.7 Å². The van der Waals surface area contributed by atoms with Crippen molar-refractivity contribution < 1.29 is 4.79 Å². The molecular weight excluding hydrogens is 328 g/mol. The molecule has 0 unspecified atom stereocenters. The summed E-state index contributed by atoms with van der Waals surface area (Å²) in [4.78, 5) is 12.6. The fraction of sp³-hybridized carbons (Fsp3) is 0.176. The van der Waals surface area contributed by atoms with Gasteiger partial charge < -0.3 is 5.32 Å². The van der Waals surface area contributed by atoms with Crippen molar-refractivity contribution in [2.75, 3.05) is 5.32 Å². The Morgan fingerprint density at radius 1 is 1.19 bits per heavy atom. The molecule has 0 aliphatic heterocycles. The van der Waals surface area contributed by atoms with Gasteiger partial charge in [0.05, 0.1) is 17.0 Å². The summed E-state index contributed by atoms with van der Waals surface area (Å²) >= 11 is 3.41. The van der Waals surface area contributed by atoms with E-state index in [-0.39, 0.29) is 5.91 Å². The van der Waals surface area contributed by atoms with Gasteiger partial charge in [0.2, 0.25) is 5.91 Å². The van der Waals surface area contributed by atoms with E-state index in [0.717, 1.165) is 22.9 Å². The Morgan fingerprint density at radius 3 is 2.52 bits per heavy atom. The molecule has 0 bridgehead atoms. The number of rotatable bonds is 3. The topological polar surface area (TPSA) is 52.9 Å². The highest BCUT2D eigenvalue weighted by atomic mass is 79.9. The number of nitrogens with zero attached hydrogens (tertiary/aromatic N) is 1. The van der Waals surface area contributed by atoms with Crippen LogP contribution in [0.1, 0.15) is 24.0 Å². The molecule has 3 rings (SSSR count). The summed E-state index contributed by atoms with van der Waals surface area (Å²) in [6, 6.07) is 17.0. The maximum atomic E-state index is 12.6. The quantitative estimate of drug-likeness (QED) is 0.918. The van der Waals surface area contributed by atoms with Crippen molar-refractivity contribution in [3.05, 3.63) is 64.1 Å². The average molecular weight is 341 g/mol. The van der Waals surface area contributed by atoms with Gasteiger partial charge in [-0.2, -0.15) is 5.26 Å².